The first-order valence-electron chi connectivity index (χ1n) is 4.60. The summed E-state index contributed by atoms with van der Waals surface area (Å²) < 4.78 is 0. The highest BCUT2D eigenvalue weighted by Crippen LogP contribution is 2.22. The van der Waals surface area contributed by atoms with Crippen LogP contribution in [-0.2, 0) is 0 Å². The maximum absolute atomic E-state index is 4.02. The van der Waals surface area contributed by atoms with Gasteiger partial charge in [-0.25, -0.2) is 9.97 Å². The van der Waals surface area contributed by atoms with Crippen LogP contribution in [0.4, 0.5) is 0 Å². The molecule has 0 fully saturated rings. The molecule has 70 valence electrons. The third-order valence-corrected chi connectivity index (χ3v) is 2.26. The smallest absolute Gasteiger partial charge is 0.115 e. The number of aromatic nitrogens is 2. The number of rotatable bonds is 1. The molecule has 0 unspecified atom stereocenters. The first-order valence-corrected chi connectivity index (χ1v) is 4.60. The Hall–Kier alpha value is -1.70. The second-order valence-electron chi connectivity index (χ2n) is 3.45. The number of hydrogen-bond acceptors (Lipinski definition) is 2. The van der Waals surface area contributed by atoms with Gasteiger partial charge in [0.15, 0.2) is 0 Å². The maximum Gasteiger partial charge on any atom is 0.115 e. The van der Waals surface area contributed by atoms with Crippen molar-refractivity contribution in [3.05, 3.63) is 48.0 Å². The van der Waals surface area contributed by atoms with Crippen LogP contribution in [0.15, 0.2) is 36.9 Å². The molecule has 14 heavy (non-hydrogen) atoms. The minimum Gasteiger partial charge on any atom is -0.244 e. The van der Waals surface area contributed by atoms with Gasteiger partial charge in [0.2, 0.25) is 0 Å². The van der Waals surface area contributed by atoms with Gasteiger partial charge in [-0.05, 0) is 25.0 Å². The van der Waals surface area contributed by atoms with E-state index in [1.54, 1.807) is 6.33 Å². The van der Waals surface area contributed by atoms with E-state index in [0.717, 1.165) is 5.56 Å². The molecule has 0 atom stereocenters. The lowest BCUT2D eigenvalue weighted by Crippen LogP contribution is -1.86. The summed E-state index contributed by atoms with van der Waals surface area (Å²) in [5.41, 5.74) is 4.80. The van der Waals surface area contributed by atoms with Crippen LogP contribution in [0.25, 0.3) is 11.1 Å². The van der Waals surface area contributed by atoms with E-state index in [2.05, 4.69) is 42.0 Å². The molecule has 2 nitrogen and oxygen atoms in total. The molecule has 2 heteroatoms. The van der Waals surface area contributed by atoms with Gasteiger partial charge in [0, 0.05) is 18.0 Å². The molecule has 0 aliphatic heterocycles. The van der Waals surface area contributed by atoms with Crippen molar-refractivity contribution in [2.24, 2.45) is 0 Å². The van der Waals surface area contributed by atoms with Gasteiger partial charge in [0.05, 0.1) is 0 Å². The first kappa shape index (κ1) is 8.88. The Morgan fingerprint density at radius 1 is 1.00 bits per heavy atom. The van der Waals surface area contributed by atoms with Gasteiger partial charge < -0.3 is 0 Å². The summed E-state index contributed by atoms with van der Waals surface area (Å²) in [5, 5.41) is 0. The Bertz CT molecular complexity index is 435. The van der Waals surface area contributed by atoms with Gasteiger partial charge in [-0.15, -0.1) is 0 Å². The molecule has 2 rings (SSSR count). The van der Waals surface area contributed by atoms with Crippen LogP contribution in [0, 0.1) is 13.8 Å². The lowest BCUT2D eigenvalue weighted by atomic mass is 10.0. The zero-order chi connectivity index (χ0) is 9.97. The highest BCUT2D eigenvalue weighted by molar-refractivity contribution is 5.66. The van der Waals surface area contributed by atoms with Crippen molar-refractivity contribution in [3.63, 3.8) is 0 Å². The van der Waals surface area contributed by atoms with E-state index in [4.69, 9.17) is 0 Å². The minimum absolute atomic E-state index is 1.08. The third kappa shape index (κ3) is 1.64. The topological polar surface area (TPSA) is 25.8 Å². The second kappa shape index (κ2) is 3.58. The largest absolute Gasteiger partial charge is 0.244 e. The maximum atomic E-state index is 4.02. The van der Waals surface area contributed by atoms with E-state index in [1.807, 2.05) is 12.4 Å². The molecule has 1 heterocycles. The molecular weight excluding hydrogens is 172 g/mol. The van der Waals surface area contributed by atoms with Crippen molar-refractivity contribution in [3.8, 4) is 11.1 Å². The molecule has 1 aromatic carbocycles. The number of benzene rings is 1. The Kier molecular flexibility index (Phi) is 2.27. The Labute approximate surface area is 83.7 Å². The average molecular weight is 184 g/mol. The van der Waals surface area contributed by atoms with Crippen molar-refractivity contribution in [1.29, 1.82) is 0 Å². The Morgan fingerprint density at radius 2 is 1.71 bits per heavy atom. The molecule has 0 radical (unpaired) electrons. The Morgan fingerprint density at radius 3 is 2.43 bits per heavy atom. The zero-order valence-corrected chi connectivity index (χ0v) is 8.36. The van der Waals surface area contributed by atoms with Crippen LogP contribution in [-0.4, -0.2) is 9.97 Å². The predicted molar refractivity (Wildman–Crippen MR) is 56.9 cm³/mol. The van der Waals surface area contributed by atoms with Crippen molar-refractivity contribution in [1.82, 2.24) is 9.97 Å². The number of nitrogens with zero attached hydrogens (tertiary/aromatic N) is 2. The number of aryl methyl sites for hydroxylation is 2. The molecule has 0 saturated heterocycles. The fourth-order valence-electron chi connectivity index (χ4n) is 1.49. The van der Waals surface area contributed by atoms with Gasteiger partial charge in [-0.2, -0.15) is 0 Å². The van der Waals surface area contributed by atoms with E-state index < -0.39 is 0 Å². The van der Waals surface area contributed by atoms with Gasteiger partial charge in [-0.1, -0.05) is 23.8 Å². The molecule has 0 aliphatic carbocycles. The van der Waals surface area contributed by atoms with Crippen LogP contribution in [0.1, 0.15) is 11.1 Å². The van der Waals surface area contributed by atoms with Gasteiger partial charge >= 0.3 is 0 Å². The van der Waals surface area contributed by atoms with Crippen molar-refractivity contribution >= 4 is 0 Å². The van der Waals surface area contributed by atoms with E-state index in [0.29, 0.717) is 0 Å². The molecule has 0 amide bonds. The summed E-state index contributed by atoms with van der Waals surface area (Å²) in [6, 6.07) is 6.40. The summed E-state index contributed by atoms with van der Waals surface area (Å²) in [6.07, 6.45) is 5.23. The van der Waals surface area contributed by atoms with E-state index in [1.165, 1.54) is 16.7 Å². The normalized spacial score (nSPS) is 10.1. The summed E-state index contributed by atoms with van der Waals surface area (Å²) in [7, 11) is 0. The van der Waals surface area contributed by atoms with Crippen molar-refractivity contribution in [2.75, 3.05) is 0 Å². The van der Waals surface area contributed by atoms with Crippen LogP contribution in [0.2, 0.25) is 0 Å². The summed E-state index contributed by atoms with van der Waals surface area (Å²) in [6.45, 7) is 4.19. The third-order valence-electron chi connectivity index (χ3n) is 2.26. The van der Waals surface area contributed by atoms with E-state index >= 15 is 0 Å². The summed E-state index contributed by atoms with van der Waals surface area (Å²) >= 11 is 0. The average Bonchev–Trinajstić information content (AvgIpc) is 2.23. The summed E-state index contributed by atoms with van der Waals surface area (Å²) in [4.78, 5) is 8.04. The molecule has 0 N–H and O–H groups in total. The molecule has 0 bridgehead atoms. The first-order chi connectivity index (χ1) is 6.77. The van der Waals surface area contributed by atoms with Gasteiger partial charge in [0.1, 0.15) is 6.33 Å². The zero-order valence-electron chi connectivity index (χ0n) is 8.36. The number of hydrogen-bond donors (Lipinski definition) is 0. The SMILES string of the molecule is Cc1ccc(C)c(-c2cncnc2)c1. The minimum atomic E-state index is 1.08. The van der Waals surface area contributed by atoms with Crippen LogP contribution >= 0.6 is 0 Å². The lowest BCUT2D eigenvalue weighted by molar-refractivity contribution is 1.17. The van der Waals surface area contributed by atoms with Crippen molar-refractivity contribution in [2.45, 2.75) is 13.8 Å². The monoisotopic (exact) mass is 184 g/mol. The summed E-state index contributed by atoms with van der Waals surface area (Å²) in [5.74, 6) is 0. The van der Waals surface area contributed by atoms with Crippen LogP contribution < -0.4 is 0 Å². The van der Waals surface area contributed by atoms with Gasteiger partial charge in [-0.3, -0.25) is 0 Å². The lowest BCUT2D eigenvalue weighted by Gasteiger charge is -2.05. The molecule has 0 spiro atoms. The van der Waals surface area contributed by atoms with Crippen LogP contribution in [0.5, 0.6) is 0 Å². The van der Waals surface area contributed by atoms with Crippen molar-refractivity contribution < 1.29 is 0 Å². The highest BCUT2D eigenvalue weighted by atomic mass is 14.8. The fourth-order valence-corrected chi connectivity index (χ4v) is 1.49. The predicted octanol–water partition coefficient (Wildman–Crippen LogP) is 2.76. The van der Waals surface area contributed by atoms with Gasteiger partial charge in [0.25, 0.3) is 0 Å². The highest BCUT2D eigenvalue weighted by Gasteiger charge is 2.01. The standard InChI is InChI=1S/C12H12N2/c1-9-3-4-10(2)12(5-9)11-6-13-8-14-7-11/h3-8H,1-2H3. The fraction of sp³-hybridized carbons (Fsp3) is 0.167. The van der Waals surface area contributed by atoms with Crippen LogP contribution in [0.3, 0.4) is 0 Å². The quantitative estimate of drug-likeness (QED) is 0.681. The van der Waals surface area contributed by atoms with E-state index in [9.17, 15) is 0 Å². The molecule has 0 aliphatic rings. The molecule has 1 aromatic heterocycles. The van der Waals surface area contributed by atoms with E-state index in [-0.39, 0.29) is 0 Å². The second-order valence-corrected chi connectivity index (χ2v) is 3.45. The molecule has 0 saturated carbocycles. The molecule has 2 aromatic rings. The molecular formula is C12H12N2. The Balaban J connectivity index is 2.57.